The largest absolute Gasteiger partial charge is 0.478 e. The molecule has 2 aromatic carbocycles. The van der Waals surface area contributed by atoms with Crippen LogP contribution in [0, 0.1) is 0 Å². The monoisotopic (exact) mass is 310 g/mol. The summed E-state index contributed by atoms with van der Waals surface area (Å²) in [5.74, 6) is -1.58. The molecule has 1 N–H and O–H groups in total. The number of rotatable bonds is 5. The Balaban J connectivity index is 2.34. The maximum absolute atomic E-state index is 11.5. The van der Waals surface area contributed by atoms with Gasteiger partial charge in [-0.3, -0.25) is 0 Å². The number of esters is 1. The van der Waals surface area contributed by atoms with Crippen LogP contribution in [0.2, 0.25) is 0 Å². The maximum Gasteiger partial charge on any atom is 0.338 e. The Labute approximate surface area is 132 Å². The summed E-state index contributed by atoms with van der Waals surface area (Å²) in [6.07, 6.45) is 0. The zero-order valence-corrected chi connectivity index (χ0v) is 12.4. The van der Waals surface area contributed by atoms with Crippen molar-refractivity contribution in [3.8, 4) is 5.75 Å². The number of benzene rings is 2. The van der Waals surface area contributed by atoms with Crippen LogP contribution in [0.4, 0.5) is 11.4 Å². The van der Waals surface area contributed by atoms with E-state index in [9.17, 15) is 14.7 Å². The zero-order chi connectivity index (χ0) is 16.8. The van der Waals surface area contributed by atoms with E-state index in [1.807, 2.05) is 6.07 Å². The number of hydrogen-bond acceptors (Lipinski definition) is 5. The van der Waals surface area contributed by atoms with Crippen molar-refractivity contribution >= 4 is 23.3 Å². The van der Waals surface area contributed by atoms with Crippen LogP contribution in [0.5, 0.6) is 5.75 Å². The molecule has 0 aliphatic rings. The van der Waals surface area contributed by atoms with Gasteiger partial charge in [0.15, 0.2) is 0 Å². The topological polar surface area (TPSA) is 88.3 Å². The number of carboxylic acid groups (broad SMARTS) is 1. The van der Waals surface area contributed by atoms with E-state index in [0.29, 0.717) is 5.69 Å². The summed E-state index contributed by atoms with van der Waals surface area (Å²) < 4.78 is 5.07. The Morgan fingerprint density at radius 2 is 1.78 bits per heavy atom. The third kappa shape index (κ3) is 4.34. The van der Waals surface area contributed by atoms with Crippen molar-refractivity contribution < 1.29 is 19.4 Å². The SMILES string of the molecule is C=C(C)C(=O)Oc1ccc(C(=O)O)c(N=Nc2ccccc2)c1. The van der Waals surface area contributed by atoms with Crippen LogP contribution in [-0.4, -0.2) is 17.0 Å². The maximum atomic E-state index is 11.5. The number of carbonyl (C=O) groups excluding carboxylic acids is 1. The zero-order valence-electron chi connectivity index (χ0n) is 12.4. The summed E-state index contributed by atoms with van der Waals surface area (Å²) >= 11 is 0. The molecule has 2 rings (SSSR count). The van der Waals surface area contributed by atoms with E-state index in [-0.39, 0.29) is 22.6 Å². The minimum absolute atomic E-state index is 0.0418. The second-order valence-electron chi connectivity index (χ2n) is 4.69. The lowest BCUT2D eigenvalue weighted by molar-refractivity contribution is -0.130. The molecule has 23 heavy (non-hydrogen) atoms. The Morgan fingerprint density at radius 1 is 1.09 bits per heavy atom. The minimum atomic E-state index is -1.15. The van der Waals surface area contributed by atoms with E-state index >= 15 is 0 Å². The van der Waals surface area contributed by atoms with Crippen molar-refractivity contribution in [1.29, 1.82) is 0 Å². The van der Waals surface area contributed by atoms with Crippen molar-refractivity contribution in [1.82, 2.24) is 0 Å². The normalized spacial score (nSPS) is 10.5. The molecule has 2 aromatic rings. The van der Waals surface area contributed by atoms with Gasteiger partial charge in [0, 0.05) is 11.6 Å². The van der Waals surface area contributed by atoms with Crippen molar-refractivity contribution in [3.63, 3.8) is 0 Å². The fraction of sp³-hybridized carbons (Fsp3) is 0.0588. The van der Waals surface area contributed by atoms with Crippen LogP contribution in [0.3, 0.4) is 0 Å². The molecule has 0 radical (unpaired) electrons. The molecule has 6 heteroatoms. The molecule has 0 heterocycles. The van der Waals surface area contributed by atoms with E-state index in [0.717, 1.165) is 0 Å². The molecule has 0 amide bonds. The van der Waals surface area contributed by atoms with Crippen LogP contribution in [-0.2, 0) is 4.79 Å². The summed E-state index contributed by atoms with van der Waals surface area (Å²) in [7, 11) is 0. The van der Waals surface area contributed by atoms with Gasteiger partial charge in [0.05, 0.1) is 11.3 Å². The third-order valence-corrected chi connectivity index (χ3v) is 2.79. The quantitative estimate of drug-likeness (QED) is 0.386. The number of aromatic carboxylic acids is 1. The second-order valence-corrected chi connectivity index (χ2v) is 4.69. The van der Waals surface area contributed by atoms with Crippen LogP contribution in [0.25, 0.3) is 0 Å². The van der Waals surface area contributed by atoms with Gasteiger partial charge in [0.25, 0.3) is 0 Å². The van der Waals surface area contributed by atoms with E-state index in [4.69, 9.17) is 4.74 Å². The predicted octanol–water partition coefficient (Wildman–Crippen LogP) is 4.28. The summed E-state index contributed by atoms with van der Waals surface area (Å²) in [4.78, 5) is 22.8. The molecule has 116 valence electrons. The van der Waals surface area contributed by atoms with Crippen molar-refractivity contribution in [2.45, 2.75) is 6.92 Å². The summed E-state index contributed by atoms with van der Waals surface area (Å²) in [6, 6.07) is 12.9. The smallest absolute Gasteiger partial charge is 0.338 e. The summed E-state index contributed by atoms with van der Waals surface area (Å²) in [5, 5.41) is 17.1. The molecule has 0 aromatic heterocycles. The van der Waals surface area contributed by atoms with Gasteiger partial charge >= 0.3 is 11.9 Å². The van der Waals surface area contributed by atoms with Crippen molar-refractivity contribution in [2.24, 2.45) is 10.2 Å². The highest BCUT2D eigenvalue weighted by molar-refractivity contribution is 5.94. The highest BCUT2D eigenvalue weighted by Crippen LogP contribution is 2.27. The van der Waals surface area contributed by atoms with Gasteiger partial charge in [-0.25, -0.2) is 9.59 Å². The van der Waals surface area contributed by atoms with Crippen molar-refractivity contribution in [2.75, 3.05) is 0 Å². The lowest BCUT2D eigenvalue weighted by atomic mass is 10.2. The van der Waals surface area contributed by atoms with Crippen LogP contribution in [0.15, 0.2) is 70.9 Å². The number of carboxylic acids is 1. The van der Waals surface area contributed by atoms with E-state index in [2.05, 4.69) is 16.8 Å². The van der Waals surface area contributed by atoms with Gasteiger partial charge in [0.2, 0.25) is 0 Å². The first kappa shape index (κ1) is 16.1. The van der Waals surface area contributed by atoms with Gasteiger partial charge < -0.3 is 9.84 Å². The molecular formula is C17H14N2O4. The Kier molecular flexibility index (Phi) is 4.99. The van der Waals surface area contributed by atoms with Crippen LogP contribution >= 0.6 is 0 Å². The molecule has 0 fully saturated rings. The fourth-order valence-corrected chi connectivity index (χ4v) is 1.64. The molecule has 0 aliphatic carbocycles. The first-order valence-electron chi connectivity index (χ1n) is 6.69. The number of nitrogens with zero attached hydrogens (tertiary/aromatic N) is 2. The molecule has 0 unspecified atom stereocenters. The predicted molar refractivity (Wildman–Crippen MR) is 84.5 cm³/mol. The Bertz CT molecular complexity index is 782. The standard InChI is InChI=1S/C17H14N2O4/c1-11(2)17(22)23-13-8-9-14(16(20)21)15(10-13)19-18-12-6-4-3-5-7-12/h3-10H,1H2,2H3,(H,20,21). The minimum Gasteiger partial charge on any atom is -0.478 e. The number of ether oxygens (including phenoxy) is 1. The fourth-order valence-electron chi connectivity index (χ4n) is 1.64. The molecule has 0 bridgehead atoms. The van der Waals surface area contributed by atoms with E-state index in [1.165, 1.54) is 25.1 Å². The number of carbonyl (C=O) groups is 2. The van der Waals surface area contributed by atoms with Gasteiger partial charge in [-0.15, -0.1) is 5.11 Å². The lowest BCUT2D eigenvalue weighted by Gasteiger charge is -2.06. The number of hydrogen-bond donors (Lipinski definition) is 1. The number of azo groups is 1. The Hall–Kier alpha value is -3.28. The second kappa shape index (κ2) is 7.13. The molecule has 0 aliphatic heterocycles. The molecule has 0 spiro atoms. The van der Waals surface area contributed by atoms with Gasteiger partial charge in [-0.05, 0) is 31.2 Å². The first-order chi connectivity index (χ1) is 11.0. The van der Waals surface area contributed by atoms with E-state index < -0.39 is 11.9 Å². The molecular weight excluding hydrogens is 296 g/mol. The van der Waals surface area contributed by atoms with Crippen LogP contribution in [0.1, 0.15) is 17.3 Å². The molecule has 0 saturated heterocycles. The Morgan fingerprint density at radius 3 is 2.39 bits per heavy atom. The van der Waals surface area contributed by atoms with Crippen LogP contribution < -0.4 is 4.74 Å². The summed E-state index contributed by atoms with van der Waals surface area (Å²) in [5.41, 5.74) is 0.862. The lowest BCUT2D eigenvalue weighted by Crippen LogP contribution is -2.08. The molecule has 0 saturated carbocycles. The highest BCUT2D eigenvalue weighted by Gasteiger charge is 2.13. The van der Waals surface area contributed by atoms with Crippen molar-refractivity contribution in [3.05, 3.63) is 66.2 Å². The molecule has 0 atom stereocenters. The van der Waals surface area contributed by atoms with Gasteiger partial charge in [-0.2, -0.15) is 5.11 Å². The van der Waals surface area contributed by atoms with E-state index in [1.54, 1.807) is 24.3 Å². The molecule has 6 nitrogen and oxygen atoms in total. The summed E-state index contributed by atoms with van der Waals surface area (Å²) in [6.45, 7) is 5.00. The van der Waals surface area contributed by atoms with Gasteiger partial charge in [0.1, 0.15) is 11.4 Å². The third-order valence-electron chi connectivity index (χ3n) is 2.79. The van der Waals surface area contributed by atoms with Gasteiger partial charge in [-0.1, -0.05) is 24.8 Å². The highest BCUT2D eigenvalue weighted by atomic mass is 16.5. The first-order valence-corrected chi connectivity index (χ1v) is 6.69. The average Bonchev–Trinajstić information content (AvgIpc) is 2.53. The average molecular weight is 310 g/mol.